The van der Waals surface area contributed by atoms with Crippen molar-refractivity contribution in [3.63, 3.8) is 0 Å². The van der Waals surface area contributed by atoms with Gasteiger partial charge in [0.15, 0.2) is 11.5 Å². The maximum atomic E-state index is 14.8. The topological polar surface area (TPSA) is 129 Å². The Morgan fingerprint density at radius 3 is 2.50 bits per heavy atom. The maximum absolute atomic E-state index is 14.8. The summed E-state index contributed by atoms with van der Waals surface area (Å²) in [4.78, 5) is 16.7. The molecule has 12 heteroatoms. The van der Waals surface area contributed by atoms with Crippen LogP contribution in [0.3, 0.4) is 0 Å². The number of carboxylic acid groups (broad SMARTS) is 1. The van der Waals surface area contributed by atoms with Crippen molar-refractivity contribution in [1.29, 1.82) is 0 Å². The smallest absolute Gasteiger partial charge is 0.335 e. The molecule has 2 aliphatic rings. The van der Waals surface area contributed by atoms with Crippen molar-refractivity contribution in [2.75, 3.05) is 7.18 Å². The van der Waals surface area contributed by atoms with Gasteiger partial charge in [-0.05, 0) is 66.4 Å². The third-order valence-corrected chi connectivity index (χ3v) is 9.01. The van der Waals surface area contributed by atoms with Crippen LogP contribution in [0.25, 0.3) is 22.2 Å². The summed E-state index contributed by atoms with van der Waals surface area (Å²) in [6.07, 6.45) is 5.31. The van der Waals surface area contributed by atoms with Crippen LogP contribution in [0, 0.1) is 5.82 Å². The molecule has 2 heterocycles. The van der Waals surface area contributed by atoms with Crippen molar-refractivity contribution in [3.8, 4) is 22.6 Å². The van der Waals surface area contributed by atoms with Crippen molar-refractivity contribution < 1.29 is 28.2 Å². The lowest BCUT2D eigenvalue weighted by atomic mass is 10.0. The predicted octanol–water partition coefficient (Wildman–Crippen LogP) is 7.15. The molecule has 0 bridgehead atoms. The van der Waals surface area contributed by atoms with Crippen molar-refractivity contribution >= 4 is 28.6 Å². The second kappa shape index (κ2) is 12.8. The Balaban J connectivity index is 0.00000197. The van der Waals surface area contributed by atoms with Crippen molar-refractivity contribution in [3.05, 3.63) is 125 Å². The van der Waals surface area contributed by atoms with Crippen LogP contribution < -0.4 is 21.1 Å². The van der Waals surface area contributed by atoms with Crippen molar-refractivity contribution in [2.24, 2.45) is 11.6 Å². The van der Waals surface area contributed by atoms with Gasteiger partial charge in [-0.15, -0.1) is 0 Å². The summed E-state index contributed by atoms with van der Waals surface area (Å²) in [6.45, 7) is 2.21. The summed E-state index contributed by atoms with van der Waals surface area (Å²) in [6, 6.07) is 23.0. The lowest BCUT2D eigenvalue weighted by molar-refractivity contribution is -0.0705. The molecule has 1 aliphatic carbocycles. The largest absolute Gasteiger partial charge is 0.478 e. The first-order valence-corrected chi connectivity index (χ1v) is 15.6. The molecule has 1 saturated carbocycles. The maximum Gasteiger partial charge on any atom is 0.335 e. The van der Waals surface area contributed by atoms with Gasteiger partial charge in [0, 0.05) is 42.9 Å². The average molecular weight is 674 g/mol. The first-order valence-electron chi connectivity index (χ1n) is 15.2. The van der Waals surface area contributed by atoms with Crippen LogP contribution in [0.4, 0.5) is 8.78 Å². The summed E-state index contributed by atoms with van der Waals surface area (Å²) in [5, 5.41) is 11.6. The normalized spacial score (nSPS) is 17.3. The van der Waals surface area contributed by atoms with Gasteiger partial charge in [0.05, 0.1) is 34.9 Å². The van der Waals surface area contributed by atoms with Gasteiger partial charge in [-0.25, -0.2) is 20.0 Å². The average Bonchev–Trinajstić information content (AvgIpc) is 3.67. The first kappa shape index (κ1) is 32.8. The third kappa shape index (κ3) is 6.02. The molecule has 1 fully saturated rings. The quantitative estimate of drug-likeness (QED) is 0.111. The molecule has 0 spiro atoms. The number of rotatable bonds is 9. The second-order valence-electron chi connectivity index (χ2n) is 11.9. The lowest BCUT2D eigenvalue weighted by Gasteiger charge is -2.27. The molecule has 4 aromatic carbocycles. The van der Waals surface area contributed by atoms with E-state index in [4.69, 9.17) is 37.6 Å². The minimum absolute atomic E-state index is 0.192. The highest BCUT2D eigenvalue weighted by molar-refractivity contribution is 6.30. The number of aromatic nitrogens is 2. The second-order valence-corrected chi connectivity index (χ2v) is 12.3. The number of carboxylic acids is 1. The van der Waals surface area contributed by atoms with E-state index in [0.29, 0.717) is 42.2 Å². The van der Waals surface area contributed by atoms with Crippen LogP contribution >= 0.6 is 11.6 Å². The molecular formula is C36H34ClF2N5O4. The van der Waals surface area contributed by atoms with E-state index >= 15 is 0 Å². The Morgan fingerprint density at radius 1 is 1.08 bits per heavy atom. The van der Waals surface area contributed by atoms with E-state index in [9.17, 15) is 18.7 Å². The zero-order valence-corrected chi connectivity index (χ0v) is 27.0. The Labute approximate surface area is 280 Å². The number of para-hydroxylation sites is 1. The van der Waals surface area contributed by atoms with E-state index in [1.54, 1.807) is 54.5 Å². The highest BCUT2D eigenvalue weighted by Gasteiger charge is 2.47. The molecule has 5 N–H and O–H groups in total. The number of nitrogens with two attached hydrogens (primary N) is 2. The number of alkyl halides is 1. The van der Waals surface area contributed by atoms with Crippen LogP contribution in [0.2, 0.25) is 5.02 Å². The zero-order valence-electron chi connectivity index (χ0n) is 26.3. The number of hydrogen-bond acceptors (Lipinski definition) is 7. The molecule has 9 nitrogen and oxygen atoms in total. The molecule has 1 unspecified atom stereocenters. The molecule has 48 heavy (non-hydrogen) atoms. The minimum Gasteiger partial charge on any atom is -0.478 e. The number of hydrogen-bond donors (Lipinski definition) is 3. The van der Waals surface area contributed by atoms with E-state index < -0.39 is 17.6 Å². The fourth-order valence-corrected chi connectivity index (χ4v) is 6.27. The SMILES string of the molecule is CC1(c2ccc(Cl)cc2F)Oc2cccc(-c3ccc(Cc4nc5ccc(C(=O)O)cc5n4CC4(N(N)/C=C\N)CC4)cc3)c2O1.CF. The molecule has 1 aromatic heterocycles. The van der Waals surface area contributed by atoms with Crippen LogP contribution in [0.1, 0.15) is 47.1 Å². The number of carbonyl (C=O) groups is 1. The molecular weight excluding hydrogens is 640 g/mol. The van der Waals surface area contributed by atoms with Gasteiger partial charge >= 0.3 is 5.97 Å². The van der Waals surface area contributed by atoms with Gasteiger partial charge < -0.3 is 29.9 Å². The molecule has 1 atom stereocenters. The number of ether oxygens (including phenoxy) is 2. The Hall–Kier alpha value is -5.13. The van der Waals surface area contributed by atoms with E-state index in [2.05, 4.69) is 4.57 Å². The van der Waals surface area contributed by atoms with Crippen LogP contribution in [0.5, 0.6) is 11.5 Å². The number of imidazole rings is 1. The molecule has 0 radical (unpaired) electrons. The summed E-state index contributed by atoms with van der Waals surface area (Å²) in [7, 11) is 0.500. The zero-order chi connectivity index (χ0) is 34.2. The molecule has 1 aliphatic heterocycles. The van der Waals surface area contributed by atoms with Crippen LogP contribution in [-0.2, 0) is 18.8 Å². The van der Waals surface area contributed by atoms with E-state index in [0.717, 1.165) is 40.9 Å². The van der Waals surface area contributed by atoms with E-state index in [-0.39, 0.29) is 16.7 Å². The van der Waals surface area contributed by atoms with E-state index in [1.807, 2.05) is 36.4 Å². The molecule has 5 aromatic rings. The first-order chi connectivity index (χ1) is 23.1. The van der Waals surface area contributed by atoms with Gasteiger partial charge in [-0.3, -0.25) is 4.39 Å². The van der Waals surface area contributed by atoms with Crippen molar-refractivity contribution in [1.82, 2.24) is 14.6 Å². The summed E-state index contributed by atoms with van der Waals surface area (Å²) in [5.41, 5.74) is 9.88. The summed E-state index contributed by atoms with van der Waals surface area (Å²) < 4.78 is 38.8. The Kier molecular flexibility index (Phi) is 8.76. The number of nitrogens with zero attached hydrogens (tertiary/aromatic N) is 3. The van der Waals surface area contributed by atoms with Gasteiger partial charge in [0.25, 0.3) is 5.79 Å². The van der Waals surface area contributed by atoms with Crippen LogP contribution in [0.15, 0.2) is 91.3 Å². The number of benzene rings is 4. The van der Waals surface area contributed by atoms with Crippen LogP contribution in [-0.4, -0.2) is 38.4 Å². The number of aromatic carboxylic acids is 1. The van der Waals surface area contributed by atoms with Crippen molar-refractivity contribution in [2.45, 2.75) is 44.1 Å². The highest BCUT2D eigenvalue weighted by Crippen LogP contribution is 2.49. The van der Waals surface area contributed by atoms with Gasteiger partial charge in [0.2, 0.25) is 0 Å². The standard InChI is InChI=1S/C35H31ClFN5O4.CH3F/c1-34(26-11-10-24(36)19-27(26)37)45-30-4-2-3-25(32(30)46-34)22-7-5-21(6-8-22)17-31-40-28-12-9-23(33(43)44)18-29(28)41(31)20-35(13-14-35)42(39)16-15-38;1-2/h2-12,15-16,18-19H,13-14,17,20,38-39H2,1H3,(H,43,44);1H3/b16-15-;. The van der Waals surface area contributed by atoms with Gasteiger partial charge in [0.1, 0.15) is 11.6 Å². The Bertz CT molecular complexity index is 2030. The summed E-state index contributed by atoms with van der Waals surface area (Å²) in [5.74, 6) is 5.30. The minimum atomic E-state index is -1.36. The fraction of sp³-hybridized carbons (Fsp3) is 0.222. The number of halogens is 3. The highest BCUT2D eigenvalue weighted by atomic mass is 35.5. The monoisotopic (exact) mass is 673 g/mol. The molecule has 0 saturated heterocycles. The molecule has 7 rings (SSSR count). The van der Waals surface area contributed by atoms with Gasteiger partial charge in [-0.2, -0.15) is 0 Å². The molecule has 0 amide bonds. The Morgan fingerprint density at radius 2 is 1.83 bits per heavy atom. The predicted molar refractivity (Wildman–Crippen MR) is 180 cm³/mol. The number of fused-ring (bicyclic) bond motifs is 2. The lowest BCUT2D eigenvalue weighted by Crippen LogP contribution is -2.42. The molecule has 248 valence electrons. The van der Waals surface area contributed by atoms with Gasteiger partial charge in [-0.1, -0.05) is 48.0 Å². The number of hydrazine groups is 1. The third-order valence-electron chi connectivity index (χ3n) is 8.78. The summed E-state index contributed by atoms with van der Waals surface area (Å²) >= 11 is 5.97. The fourth-order valence-electron chi connectivity index (χ4n) is 6.11. The van der Waals surface area contributed by atoms with E-state index in [1.165, 1.54) is 12.3 Å².